The number of aliphatic imine (C=N–C) groups is 1. The highest BCUT2D eigenvalue weighted by molar-refractivity contribution is 5.95. The van der Waals surface area contributed by atoms with Gasteiger partial charge in [-0.2, -0.15) is 0 Å². The van der Waals surface area contributed by atoms with E-state index in [1.807, 2.05) is 6.07 Å². The number of hydrogen-bond acceptors (Lipinski definition) is 4. The van der Waals surface area contributed by atoms with Crippen molar-refractivity contribution < 1.29 is 18.7 Å². The molecule has 0 aliphatic heterocycles. The lowest BCUT2D eigenvalue weighted by Crippen LogP contribution is -2.47. The molecule has 1 heterocycles. The van der Waals surface area contributed by atoms with Crippen molar-refractivity contribution in [3.8, 4) is 0 Å². The number of benzene rings is 1. The molecule has 0 spiro atoms. The fourth-order valence-electron chi connectivity index (χ4n) is 4.47. The SMILES string of the molecule is C=C/C(=C\NC(N)=NCC1(c2ncccc2F)CC(F)C1)c1cccc(C(=O)NC2CC(O)C2)c1. The number of aliphatic hydroxyl groups is 1. The highest BCUT2D eigenvalue weighted by Crippen LogP contribution is 2.45. The third-order valence-corrected chi connectivity index (χ3v) is 6.54. The van der Waals surface area contributed by atoms with E-state index in [1.165, 1.54) is 18.3 Å². The molecule has 2 aromatic rings. The fourth-order valence-corrected chi connectivity index (χ4v) is 4.47. The van der Waals surface area contributed by atoms with Crippen molar-refractivity contribution in [2.75, 3.05) is 6.54 Å². The van der Waals surface area contributed by atoms with Crippen LogP contribution in [0.3, 0.4) is 0 Å². The first-order valence-electron chi connectivity index (χ1n) is 11.5. The number of aliphatic hydroxyl groups excluding tert-OH is 1. The number of alkyl halides is 1. The van der Waals surface area contributed by atoms with Crippen molar-refractivity contribution in [3.05, 3.63) is 84.1 Å². The molecule has 2 aliphatic carbocycles. The molecule has 0 bridgehead atoms. The summed E-state index contributed by atoms with van der Waals surface area (Å²) < 4.78 is 28.0. The van der Waals surface area contributed by atoms with E-state index in [-0.39, 0.29) is 49.1 Å². The van der Waals surface area contributed by atoms with Gasteiger partial charge in [-0.3, -0.25) is 14.8 Å². The molecule has 1 amide bonds. The van der Waals surface area contributed by atoms with E-state index in [9.17, 15) is 18.7 Å². The molecule has 2 fully saturated rings. The number of pyridine rings is 1. The second-order valence-electron chi connectivity index (χ2n) is 9.15. The Hall–Kier alpha value is -3.59. The predicted molar refractivity (Wildman–Crippen MR) is 131 cm³/mol. The fraction of sp³-hybridized carbons (Fsp3) is 0.346. The second kappa shape index (κ2) is 10.4. The van der Waals surface area contributed by atoms with E-state index >= 15 is 0 Å². The lowest BCUT2D eigenvalue weighted by molar-refractivity contribution is 0.0562. The summed E-state index contributed by atoms with van der Waals surface area (Å²) in [5, 5.41) is 15.2. The van der Waals surface area contributed by atoms with Crippen LogP contribution in [0.4, 0.5) is 8.78 Å². The standard InChI is InChI=1S/C26H29F2N5O2/c1-2-16(17-5-3-6-18(9-17)24(35)33-20-10-21(34)11-20)14-31-25(29)32-15-26(12-19(27)13-26)23-22(28)7-4-8-30-23/h2-9,14,19-21,34H,1,10-13,15H2,(H,33,35)(H3,29,31,32)/b16-14+. The molecular weight excluding hydrogens is 452 g/mol. The molecular formula is C26H29F2N5O2. The molecule has 0 unspecified atom stereocenters. The van der Waals surface area contributed by atoms with Crippen molar-refractivity contribution in [1.82, 2.24) is 15.6 Å². The van der Waals surface area contributed by atoms with Crippen molar-refractivity contribution in [1.29, 1.82) is 0 Å². The summed E-state index contributed by atoms with van der Waals surface area (Å²) in [4.78, 5) is 20.9. The maximum Gasteiger partial charge on any atom is 0.251 e. The summed E-state index contributed by atoms with van der Waals surface area (Å²) in [5.74, 6) is -0.605. The number of rotatable bonds is 8. The molecule has 1 aromatic carbocycles. The van der Waals surface area contributed by atoms with E-state index < -0.39 is 17.4 Å². The maximum atomic E-state index is 14.3. The lowest BCUT2D eigenvalue weighted by Gasteiger charge is -2.42. The van der Waals surface area contributed by atoms with Crippen LogP contribution in [0.15, 0.2) is 66.4 Å². The number of nitrogens with two attached hydrogens (primary N) is 1. The number of carbonyl (C=O) groups excluding carboxylic acids is 1. The summed E-state index contributed by atoms with van der Waals surface area (Å²) in [6, 6.07) is 9.84. The van der Waals surface area contributed by atoms with Crippen molar-refractivity contribution in [3.63, 3.8) is 0 Å². The Morgan fingerprint density at radius 2 is 2.03 bits per heavy atom. The van der Waals surface area contributed by atoms with Crippen LogP contribution < -0.4 is 16.4 Å². The number of nitrogens with one attached hydrogen (secondary N) is 2. The highest BCUT2D eigenvalue weighted by atomic mass is 19.1. The van der Waals surface area contributed by atoms with Crippen molar-refractivity contribution in [2.24, 2.45) is 10.7 Å². The number of guanidine groups is 1. The molecule has 7 nitrogen and oxygen atoms in total. The molecule has 4 rings (SSSR count). The van der Waals surface area contributed by atoms with E-state index in [0.29, 0.717) is 24.0 Å². The maximum absolute atomic E-state index is 14.3. The molecule has 5 N–H and O–H groups in total. The van der Waals surface area contributed by atoms with Crippen LogP contribution in [0.25, 0.3) is 5.57 Å². The zero-order valence-corrected chi connectivity index (χ0v) is 19.3. The summed E-state index contributed by atoms with van der Waals surface area (Å²) >= 11 is 0. The van der Waals surface area contributed by atoms with E-state index in [4.69, 9.17) is 5.73 Å². The highest BCUT2D eigenvalue weighted by Gasteiger charge is 2.48. The zero-order valence-electron chi connectivity index (χ0n) is 19.3. The Kier molecular flexibility index (Phi) is 7.25. The minimum Gasteiger partial charge on any atom is -0.393 e. The molecule has 184 valence electrons. The normalized spacial score (nSPS) is 26.3. The van der Waals surface area contributed by atoms with Gasteiger partial charge in [0.05, 0.1) is 18.3 Å². The van der Waals surface area contributed by atoms with Crippen molar-refractivity contribution in [2.45, 2.75) is 49.4 Å². The number of allylic oxidation sites excluding steroid dienone is 2. The van der Waals surface area contributed by atoms with E-state index in [0.717, 1.165) is 5.56 Å². The van der Waals surface area contributed by atoms with Crippen LogP contribution in [0.2, 0.25) is 0 Å². The lowest BCUT2D eigenvalue weighted by atomic mass is 9.65. The molecule has 2 saturated carbocycles. The molecule has 9 heteroatoms. The third-order valence-electron chi connectivity index (χ3n) is 6.54. The topological polar surface area (TPSA) is 113 Å². The number of aromatic nitrogens is 1. The molecule has 2 aliphatic rings. The minimum atomic E-state index is -1.02. The quantitative estimate of drug-likeness (QED) is 0.263. The van der Waals surface area contributed by atoms with Gasteiger partial charge in [0.1, 0.15) is 12.0 Å². The molecule has 35 heavy (non-hydrogen) atoms. The van der Waals surface area contributed by atoms with Crippen LogP contribution >= 0.6 is 0 Å². The van der Waals surface area contributed by atoms with Gasteiger partial charge in [0.2, 0.25) is 0 Å². The largest absolute Gasteiger partial charge is 0.393 e. The van der Waals surface area contributed by atoms with Crippen LogP contribution in [0.5, 0.6) is 0 Å². The number of halogens is 2. The molecule has 0 radical (unpaired) electrons. The van der Waals surface area contributed by atoms with Gasteiger partial charge in [0.15, 0.2) is 5.96 Å². The van der Waals surface area contributed by atoms with Gasteiger partial charge >= 0.3 is 0 Å². The third kappa shape index (κ3) is 5.57. The monoisotopic (exact) mass is 481 g/mol. The van der Waals surface area contributed by atoms with Gasteiger partial charge < -0.3 is 21.5 Å². The van der Waals surface area contributed by atoms with Gasteiger partial charge in [-0.25, -0.2) is 8.78 Å². The first kappa shape index (κ1) is 24.5. The van der Waals surface area contributed by atoms with Gasteiger partial charge in [0.25, 0.3) is 5.91 Å². The number of carbonyl (C=O) groups is 1. The number of amides is 1. The Balaban J connectivity index is 1.43. The number of nitrogens with zero attached hydrogens (tertiary/aromatic N) is 2. The van der Waals surface area contributed by atoms with Gasteiger partial charge in [-0.1, -0.05) is 24.8 Å². The van der Waals surface area contributed by atoms with Crippen LogP contribution in [-0.4, -0.2) is 46.8 Å². The van der Waals surface area contributed by atoms with E-state index in [2.05, 4.69) is 27.2 Å². The van der Waals surface area contributed by atoms with Gasteiger partial charge in [0, 0.05) is 29.4 Å². The minimum absolute atomic E-state index is 0.0144. The number of hydrogen-bond donors (Lipinski definition) is 4. The second-order valence-corrected chi connectivity index (χ2v) is 9.15. The first-order valence-corrected chi connectivity index (χ1v) is 11.5. The smallest absolute Gasteiger partial charge is 0.251 e. The van der Waals surface area contributed by atoms with Crippen LogP contribution in [0.1, 0.15) is 47.3 Å². The molecule has 1 aromatic heterocycles. The molecule has 0 atom stereocenters. The summed E-state index contributed by atoms with van der Waals surface area (Å²) in [5.41, 5.74) is 7.32. The van der Waals surface area contributed by atoms with Gasteiger partial charge in [-0.15, -0.1) is 0 Å². The van der Waals surface area contributed by atoms with Crippen molar-refractivity contribution >= 4 is 17.4 Å². The summed E-state index contributed by atoms with van der Waals surface area (Å²) in [6.07, 6.45) is 4.74. The van der Waals surface area contributed by atoms with Crippen LogP contribution in [0, 0.1) is 5.82 Å². The summed E-state index contributed by atoms with van der Waals surface area (Å²) in [7, 11) is 0. The average Bonchev–Trinajstić information content (AvgIpc) is 2.81. The first-order chi connectivity index (χ1) is 16.8. The average molecular weight is 482 g/mol. The molecule has 0 saturated heterocycles. The Morgan fingerprint density at radius 3 is 2.69 bits per heavy atom. The predicted octanol–water partition coefficient (Wildman–Crippen LogP) is 2.97. The van der Waals surface area contributed by atoms with E-state index in [1.54, 1.807) is 30.5 Å². The van der Waals surface area contributed by atoms with Gasteiger partial charge in [-0.05, 0) is 61.1 Å². The zero-order chi connectivity index (χ0) is 25.0. The Morgan fingerprint density at radius 1 is 1.29 bits per heavy atom. The summed E-state index contributed by atoms with van der Waals surface area (Å²) in [6.45, 7) is 3.93. The van der Waals surface area contributed by atoms with Crippen LogP contribution in [-0.2, 0) is 5.41 Å². The Bertz CT molecular complexity index is 1150. The Labute approximate surface area is 202 Å².